The number of carbonyl (C=O) groups excluding carboxylic acids is 2. The van der Waals surface area contributed by atoms with Gasteiger partial charge < -0.3 is 20.4 Å². The number of nitrogens with one attached hydrogen (secondary N) is 1. The number of hydrogen-bond acceptors (Lipinski definition) is 5. The van der Waals surface area contributed by atoms with Gasteiger partial charge in [-0.05, 0) is 36.8 Å². The molecule has 0 saturated heterocycles. The van der Waals surface area contributed by atoms with Crippen LogP contribution >= 0.6 is 0 Å². The Kier molecular flexibility index (Phi) is 5.14. The molecule has 3 N–H and O–H groups in total. The number of anilines is 2. The van der Waals surface area contributed by atoms with Crippen molar-refractivity contribution in [1.82, 2.24) is 4.57 Å². The van der Waals surface area contributed by atoms with Gasteiger partial charge in [0, 0.05) is 23.1 Å². The van der Waals surface area contributed by atoms with Crippen molar-refractivity contribution in [3.8, 4) is 11.8 Å². The Morgan fingerprint density at radius 1 is 1.18 bits per heavy atom. The number of amides is 1. The second-order valence-corrected chi connectivity index (χ2v) is 6.10. The van der Waals surface area contributed by atoms with Gasteiger partial charge in [-0.2, -0.15) is 5.26 Å². The molecular weight excluding hydrogens is 356 g/mol. The van der Waals surface area contributed by atoms with Crippen LogP contribution in [0.1, 0.15) is 32.0 Å². The third kappa shape index (κ3) is 3.44. The van der Waals surface area contributed by atoms with E-state index in [4.69, 9.17) is 10.5 Å². The van der Waals surface area contributed by atoms with Crippen LogP contribution in [0.2, 0.25) is 0 Å². The van der Waals surface area contributed by atoms with E-state index in [1.807, 2.05) is 25.1 Å². The van der Waals surface area contributed by atoms with Crippen LogP contribution in [-0.2, 0) is 4.74 Å². The second-order valence-electron chi connectivity index (χ2n) is 6.10. The molecule has 140 valence electrons. The van der Waals surface area contributed by atoms with E-state index in [0.717, 1.165) is 5.56 Å². The smallest absolute Gasteiger partial charge is 0.357 e. The molecule has 3 aromatic rings. The summed E-state index contributed by atoms with van der Waals surface area (Å²) in [6, 6.07) is 16.1. The lowest BCUT2D eigenvalue weighted by molar-refractivity contribution is 0.0593. The van der Waals surface area contributed by atoms with Crippen molar-refractivity contribution in [1.29, 1.82) is 5.26 Å². The van der Waals surface area contributed by atoms with Crippen molar-refractivity contribution >= 4 is 23.3 Å². The lowest BCUT2D eigenvalue weighted by atomic mass is 10.1. The topological polar surface area (TPSA) is 110 Å². The molecule has 1 aromatic heterocycles. The summed E-state index contributed by atoms with van der Waals surface area (Å²) in [4.78, 5) is 24.7. The summed E-state index contributed by atoms with van der Waals surface area (Å²) in [6.45, 7) is 1.86. The predicted molar refractivity (Wildman–Crippen MR) is 105 cm³/mol. The highest BCUT2D eigenvalue weighted by Crippen LogP contribution is 2.26. The Labute approximate surface area is 162 Å². The van der Waals surface area contributed by atoms with Crippen molar-refractivity contribution in [3.05, 3.63) is 77.1 Å². The van der Waals surface area contributed by atoms with E-state index in [-0.39, 0.29) is 22.9 Å². The number of nitrogens with zero attached hydrogens (tertiary/aromatic N) is 2. The fraction of sp³-hybridized carbons (Fsp3) is 0.0952. The fourth-order valence-electron chi connectivity index (χ4n) is 2.88. The average Bonchev–Trinajstić information content (AvgIpc) is 3.04. The predicted octanol–water partition coefficient (Wildman–Crippen LogP) is 3.28. The van der Waals surface area contributed by atoms with Gasteiger partial charge in [0.2, 0.25) is 0 Å². The van der Waals surface area contributed by atoms with Gasteiger partial charge in [-0.3, -0.25) is 4.79 Å². The molecule has 1 heterocycles. The molecule has 0 aliphatic rings. The monoisotopic (exact) mass is 374 g/mol. The summed E-state index contributed by atoms with van der Waals surface area (Å²) in [5.74, 6) is -0.901. The molecule has 7 heteroatoms. The first kappa shape index (κ1) is 18.7. The molecule has 0 radical (unpaired) electrons. The van der Waals surface area contributed by atoms with E-state index >= 15 is 0 Å². The number of methoxy groups -OCH3 is 1. The van der Waals surface area contributed by atoms with Crippen molar-refractivity contribution in [2.24, 2.45) is 0 Å². The Balaban J connectivity index is 1.99. The van der Waals surface area contributed by atoms with Crippen LogP contribution < -0.4 is 11.1 Å². The van der Waals surface area contributed by atoms with Crippen molar-refractivity contribution in [2.45, 2.75) is 6.92 Å². The van der Waals surface area contributed by atoms with Gasteiger partial charge in [0.25, 0.3) is 5.91 Å². The van der Waals surface area contributed by atoms with E-state index in [0.29, 0.717) is 16.9 Å². The minimum Gasteiger partial charge on any atom is -0.464 e. The molecule has 1 amide bonds. The molecule has 0 bridgehead atoms. The summed E-state index contributed by atoms with van der Waals surface area (Å²) in [7, 11) is 1.24. The number of nitriles is 1. The van der Waals surface area contributed by atoms with E-state index < -0.39 is 5.97 Å². The number of ether oxygens (including phenoxy) is 1. The normalized spacial score (nSPS) is 10.2. The van der Waals surface area contributed by atoms with Gasteiger partial charge in [0.05, 0.1) is 18.4 Å². The molecule has 0 aliphatic carbocycles. The van der Waals surface area contributed by atoms with Gasteiger partial charge in [-0.25, -0.2) is 4.79 Å². The molecule has 3 rings (SSSR count). The highest BCUT2D eigenvalue weighted by atomic mass is 16.5. The third-order valence-corrected chi connectivity index (χ3v) is 4.32. The zero-order valence-electron chi connectivity index (χ0n) is 15.4. The molecule has 0 atom stereocenters. The van der Waals surface area contributed by atoms with Gasteiger partial charge in [0.15, 0.2) is 5.69 Å². The lowest BCUT2D eigenvalue weighted by Gasteiger charge is -2.11. The number of hydrogen-bond donors (Lipinski definition) is 2. The maximum absolute atomic E-state index is 12.6. The summed E-state index contributed by atoms with van der Waals surface area (Å²) in [5.41, 5.74) is 8.71. The first-order valence-electron chi connectivity index (χ1n) is 8.43. The van der Waals surface area contributed by atoms with Crippen molar-refractivity contribution in [2.75, 3.05) is 18.2 Å². The average molecular weight is 374 g/mol. The summed E-state index contributed by atoms with van der Waals surface area (Å²) >= 11 is 0. The number of aromatic nitrogens is 1. The molecule has 2 aromatic carbocycles. The number of esters is 1. The zero-order chi connectivity index (χ0) is 20.3. The third-order valence-electron chi connectivity index (χ3n) is 4.32. The van der Waals surface area contributed by atoms with Gasteiger partial charge in [-0.1, -0.05) is 24.3 Å². The van der Waals surface area contributed by atoms with E-state index in [2.05, 4.69) is 5.32 Å². The van der Waals surface area contributed by atoms with Crippen LogP contribution in [0.3, 0.4) is 0 Å². The van der Waals surface area contributed by atoms with Crippen LogP contribution in [0.25, 0.3) is 5.69 Å². The number of nitrogens with two attached hydrogens (primary N) is 1. The fourth-order valence-corrected chi connectivity index (χ4v) is 2.88. The highest BCUT2D eigenvalue weighted by molar-refractivity contribution is 6.05. The summed E-state index contributed by atoms with van der Waals surface area (Å²) in [6.07, 6.45) is 1.46. The molecule has 28 heavy (non-hydrogen) atoms. The minimum absolute atomic E-state index is 0.0451. The molecule has 7 nitrogen and oxygen atoms in total. The Bertz CT molecular complexity index is 1110. The van der Waals surface area contributed by atoms with Crippen LogP contribution in [-0.4, -0.2) is 23.6 Å². The number of nitrogen functional groups attached to an aromatic ring is 1. The van der Waals surface area contributed by atoms with Gasteiger partial charge in [0.1, 0.15) is 6.07 Å². The van der Waals surface area contributed by atoms with Crippen molar-refractivity contribution < 1.29 is 14.3 Å². The number of benzene rings is 2. The van der Waals surface area contributed by atoms with E-state index in [1.165, 1.54) is 17.9 Å². The van der Waals surface area contributed by atoms with Crippen LogP contribution in [0.4, 0.5) is 11.4 Å². The van der Waals surface area contributed by atoms with Crippen molar-refractivity contribution in [3.63, 3.8) is 0 Å². The SMILES string of the molecule is COC(=O)c1c(N)c(C#N)cn1-c1cccc(NC(=O)c2ccccc2C)c1. The maximum Gasteiger partial charge on any atom is 0.357 e. The Hall–Kier alpha value is -4.05. The van der Waals surface area contributed by atoms with E-state index in [1.54, 1.807) is 36.4 Å². The van der Waals surface area contributed by atoms with Gasteiger partial charge in [-0.15, -0.1) is 0 Å². The largest absolute Gasteiger partial charge is 0.464 e. The Morgan fingerprint density at radius 3 is 2.61 bits per heavy atom. The molecule has 0 aliphatic heterocycles. The maximum atomic E-state index is 12.6. The molecule has 0 fully saturated rings. The van der Waals surface area contributed by atoms with Crippen LogP contribution in [0.5, 0.6) is 0 Å². The summed E-state index contributed by atoms with van der Waals surface area (Å²) < 4.78 is 6.26. The molecule has 0 saturated carbocycles. The first-order valence-corrected chi connectivity index (χ1v) is 8.43. The number of carbonyl (C=O) groups is 2. The molecular formula is C21H18N4O3. The highest BCUT2D eigenvalue weighted by Gasteiger charge is 2.22. The quantitative estimate of drug-likeness (QED) is 0.681. The Morgan fingerprint density at radius 2 is 1.93 bits per heavy atom. The summed E-state index contributed by atoms with van der Waals surface area (Å²) in [5, 5.41) is 12.1. The second kappa shape index (κ2) is 7.68. The number of rotatable bonds is 4. The minimum atomic E-state index is -0.659. The lowest BCUT2D eigenvalue weighted by Crippen LogP contribution is -2.14. The number of aryl methyl sites for hydroxylation is 1. The standard InChI is InChI=1S/C21H18N4O3/c1-13-6-3-4-9-17(13)20(26)24-15-7-5-8-16(10-15)25-12-14(11-22)18(23)19(25)21(27)28-2/h3-10,12H,23H2,1-2H3,(H,24,26). The van der Waals surface area contributed by atoms with E-state index in [9.17, 15) is 14.9 Å². The first-order chi connectivity index (χ1) is 13.5. The zero-order valence-corrected chi connectivity index (χ0v) is 15.4. The molecule has 0 unspecified atom stereocenters. The van der Waals surface area contributed by atoms with Gasteiger partial charge >= 0.3 is 5.97 Å². The van der Waals surface area contributed by atoms with Crippen LogP contribution in [0, 0.1) is 18.3 Å². The molecule has 0 spiro atoms. The van der Waals surface area contributed by atoms with Crippen LogP contribution in [0.15, 0.2) is 54.7 Å².